The van der Waals surface area contributed by atoms with Crippen LogP contribution in [0.2, 0.25) is 0 Å². The number of amides is 1. The third-order valence-electron chi connectivity index (χ3n) is 3.29. The second kappa shape index (κ2) is 3.66. The summed E-state index contributed by atoms with van der Waals surface area (Å²) in [5, 5.41) is 2.95. The van der Waals surface area contributed by atoms with Crippen molar-refractivity contribution in [1.29, 1.82) is 0 Å². The molecule has 13 heavy (non-hydrogen) atoms. The summed E-state index contributed by atoms with van der Waals surface area (Å²) in [5.41, 5.74) is -0.00810. The molecule has 2 unspecified atom stereocenters. The number of carbonyl (C=O) groups excluding carboxylic acids is 1. The maximum atomic E-state index is 11.3. The summed E-state index contributed by atoms with van der Waals surface area (Å²) in [5.74, 6) is 0.611. The van der Waals surface area contributed by atoms with Crippen LogP contribution in [0, 0.1) is 11.3 Å². The molecule has 0 aromatic carbocycles. The van der Waals surface area contributed by atoms with Crippen molar-refractivity contribution in [2.75, 3.05) is 13.7 Å². The van der Waals surface area contributed by atoms with Gasteiger partial charge in [0.1, 0.15) is 0 Å². The predicted octanol–water partition coefficient (Wildman–Crippen LogP) is 1.18. The van der Waals surface area contributed by atoms with Crippen molar-refractivity contribution in [3.63, 3.8) is 0 Å². The van der Waals surface area contributed by atoms with Gasteiger partial charge in [-0.15, -0.1) is 0 Å². The zero-order valence-electron chi connectivity index (χ0n) is 8.89. The highest BCUT2D eigenvalue weighted by Gasteiger charge is 2.46. The summed E-state index contributed by atoms with van der Waals surface area (Å²) in [6.45, 7) is 7.01. The van der Waals surface area contributed by atoms with Gasteiger partial charge in [0.05, 0.1) is 6.61 Å². The average Bonchev–Trinajstić information content (AvgIpc) is 2.28. The van der Waals surface area contributed by atoms with Crippen LogP contribution >= 0.6 is 0 Å². The van der Waals surface area contributed by atoms with E-state index >= 15 is 0 Å². The van der Waals surface area contributed by atoms with Gasteiger partial charge in [0.2, 0.25) is 5.91 Å². The third-order valence-corrected chi connectivity index (χ3v) is 3.29. The van der Waals surface area contributed by atoms with Gasteiger partial charge in [-0.1, -0.05) is 13.8 Å². The fraction of sp³-hybridized carbons (Fsp3) is 0.900. The van der Waals surface area contributed by atoms with Crippen LogP contribution in [0.4, 0.5) is 0 Å². The molecule has 0 saturated carbocycles. The highest BCUT2D eigenvalue weighted by Crippen LogP contribution is 2.39. The molecule has 0 aromatic rings. The van der Waals surface area contributed by atoms with E-state index in [1.54, 1.807) is 7.11 Å². The van der Waals surface area contributed by atoms with Gasteiger partial charge in [0, 0.05) is 25.0 Å². The van der Waals surface area contributed by atoms with E-state index in [0.29, 0.717) is 18.9 Å². The van der Waals surface area contributed by atoms with Crippen molar-refractivity contribution in [3.8, 4) is 0 Å². The van der Waals surface area contributed by atoms with Gasteiger partial charge in [-0.25, -0.2) is 0 Å². The lowest BCUT2D eigenvalue weighted by molar-refractivity contribution is -0.120. The first-order valence-electron chi connectivity index (χ1n) is 4.81. The van der Waals surface area contributed by atoms with E-state index in [1.807, 2.05) is 0 Å². The fourth-order valence-electron chi connectivity index (χ4n) is 2.20. The Hall–Kier alpha value is -0.570. The molecule has 1 aliphatic heterocycles. The zero-order chi connectivity index (χ0) is 10.1. The van der Waals surface area contributed by atoms with Crippen molar-refractivity contribution in [1.82, 2.24) is 5.32 Å². The van der Waals surface area contributed by atoms with Crippen LogP contribution in [-0.2, 0) is 9.53 Å². The van der Waals surface area contributed by atoms with E-state index in [2.05, 4.69) is 26.1 Å². The molecule has 0 radical (unpaired) electrons. The summed E-state index contributed by atoms with van der Waals surface area (Å²) >= 11 is 0. The lowest BCUT2D eigenvalue weighted by Crippen LogP contribution is -2.41. The number of methoxy groups -OCH3 is 1. The fourth-order valence-corrected chi connectivity index (χ4v) is 2.20. The number of carbonyl (C=O) groups is 1. The Balaban J connectivity index is 2.83. The largest absolute Gasteiger partial charge is 0.384 e. The Kier molecular flexibility index (Phi) is 2.96. The van der Waals surface area contributed by atoms with Crippen molar-refractivity contribution >= 4 is 5.91 Å². The monoisotopic (exact) mass is 185 g/mol. The molecule has 1 saturated heterocycles. The summed E-state index contributed by atoms with van der Waals surface area (Å²) in [7, 11) is 1.69. The Morgan fingerprint density at radius 3 is 2.62 bits per heavy atom. The van der Waals surface area contributed by atoms with Gasteiger partial charge in [-0.2, -0.15) is 0 Å². The van der Waals surface area contributed by atoms with Crippen LogP contribution in [0.3, 0.4) is 0 Å². The summed E-state index contributed by atoms with van der Waals surface area (Å²) < 4.78 is 5.22. The second-order valence-corrected chi connectivity index (χ2v) is 4.29. The van der Waals surface area contributed by atoms with Crippen LogP contribution in [0.15, 0.2) is 0 Å². The van der Waals surface area contributed by atoms with Gasteiger partial charge in [-0.3, -0.25) is 4.79 Å². The normalized spacial score (nSPS) is 33.9. The van der Waals surface area contributed by atoms with Crippen LogP contribution < -0.4 is 5.32 Å². The minimum Gasteiger partial charge on any atom is -0.384 e. The number of hydrogen-bond donors (Lipinski definition) is 1. The molecular weight excluding hydrogens is 166 g/mol. The molecule has 0 spiro atoms. The Morgan fingerprint density at radius 1 is 1.69 bits per heavy atom. The molecule has 3 heteroatoms. The van der Waals surface area contributed by atoms with E-state index in [-0.39, 0.29) is 17.4 Å². The first-order chi connectivity index (χ1) is 6.03. The smallest absolute Gasteiger partial charge is 0.220 e. The number of nitrogens with one attached hydrogen (secondary N) is 1. The molecular formula is C10H19NO2. The molecule has 0 bridgehead atoms. The highest BCUT2D eigenvalue weighted by atomic mass is 16.5. The molecule has 2 atom stereocenters. The van der Waals surface area contributed by atoms with E-state index in [9.17, 15) is 4.79 Å². The number of ether oxygens (including phenoxy) is 1. The minimum atomic E-state index is -0.00810. The summed E-state index contributed by atoms with van der Waals surface area (Å²) in [6, 6.07) is 0.222. The Labute approximate surface area is 79.8 Å². The van der Waals surface area contributed by atoms with E-state index in [1.165, 1.54) is 0 Å². The molecule has 0 aromatic heterocycles. The maximum Gasteiger partial charge on any atom is 0.220 e. The molecule has 1 N–H and O–H groups in total. The lowest BCUT2D eigenvalue weighted by Gasteiger charge is -2.35. The van der Waals surface area contributed by atoms with Crippen LogP contribution in [-0.4, -0.2) is 25.7 Å². The van der Waals surface area contributed by atoms with Gasteiger partial charge < -0.3 is 10.1 Å². The first-order valence-corrected chi connectivity index (χ1v) is 4.81. The third kappa shape index (κ3) is 1.70. The van der Waals surface area contributed by atoms with Crippen molar-refractivity contribution in [2.24, 2.45) is 11.3 Å². The molecule has 3 nitrogen and oxygen atoms in total. The van der Waals surface area contributed by atoms with Gasteiger partial charge in [0.15, 0.2) is 0 Å². The number of rotatable bonds is 3. The molecule has 1 fully saturated rings. The Bertz CT molecular complexity index is 203. The summed E-state index contributed by atoms with van der Waals surface area (Å²) in [4.78, 5) is 11.3. The predicted molar refractivity (Wildman–Crippen MR) is 51.4 cm³/mol. The van der Waals surface area contributed by atoms with E-state index in [0.717, 1.165) is 0 Å². The standard InChI is InChI=1S/C10H19NO2/c1-7(2)10(6-13-4)5-9(12)11-8(10)3/h7-8H,5-6H2,1-4H3,(H,11,12). The first kappa shape index (κ1) is 10.5. The summed E-state index contributed by atoms with van der Waals surface area (Å²) in [6.07, 6.45) is 0.597. The van der Waals surface area contributed by atoms with Gasteiger partial charge in [-0.05, 0) is 12.8 Å². The number of hydrogen-bond acceptors (Lipinski definition) is 2. The van der Waals surface area contributed by atoms with Crippen LogP contribution in [0.25, 0.3) is 0 Å². The minimum absolute atomic E-state index is 0.00810. The molecule has 1 amide bonds. The van der Waals surface area contributed by atoms with Crippen LogP contribution in [0.5, 0.6) is 0 Å². The van der Waals surface area contributed by atoms with Crippen molar-refractivity contribution in [2.45, 2.75) is 33.2 Å². The van der Waals surface area contributed by atoms with E-state index < -0.39 is 0 Å². The van der Waals surface area contributed by atoms with Gasteiger partial charge >= 0.3 is 0 Å². The lowest BCUT2D eigenvalue weighted by atomic mass is 9.72. The van der Waals surface area contributed by atoms with Crippen molar-refractivity contribution in [3.05, 3.63) is 0 Å². The molecule has 1 rings (SSSR count). The topological polar surface area (TPSA) is 38.3 Å². The Morgan fingerprint density at radius 2 is 2.31 bits per heavy atom. The molecule has 76 valence electrons. The molecule has 0 aliphatic carbocycles. The maximum absolute atomic E-state index is 11.3. The zero-order valence-corrected chi connectivity index (χ0v) is 8.89. The highest BCUT2D eigenvalue weighted by molar-refractivity contribution is 5.80. The second-order valence-electron chi connectivity index (χ2n) is 4.29. The SMILES string of the molecule is COCC1(C(C)C)CC(=O)NC1C. The van der Waals surface area contributed by atoms with Gasteiger partial charge in [0.25, 0.3) is 0 Å². The average molecular weight is 185 g/mol. The quantitative estimate of drug-likeness (QED) is 0.717. The molecule has 1 heterocycles. The van der Waals surface area contributed by atoms with Crippen molar-refractivity contribution < 1.29 is 9.53 Å². The molecule has 1 aliphatic rings. The van der Waals surface area contributed by atoms with Crippen LogP contribution in [0.1, 0.15) is 27.2 Å². The van der Waals surface area contributed by atoms with E-state index in [4.69, 9.17) is 4.74 Å².